The van der Waals surface area contributed by atoms with Crippen LogP contribution in [0.3, 0.4) is 0 Å². The van der Waals surface area contributed by atoms with Gasteiger partial charge in [-0.25, -0.2) is 0 Å². The van der Waals surface area contributed by atoms with Crippen molar-refractivity contribution in [3.63, 3.8) is 0 Å². The molecule has 0 aromatic carbocycles. The lowest BCUT2D eigenvalue weighted by atomic mass is 9.93. The highest BCUT2D eigenvalue weighted by molar-refractivity contribution is 4.57. The zero-order valence-corrected chi connectivity index (χ0v) is 10.1. The zero-order chi connectivity index (χ0) is 10.1. The van der Waals surface area contributed by atoms with E-state index in [1.165, 1.54) is 44.9 Å². The van der Waals surface area contributed by atoms with Gasteiger partial charge in [0, 0.05) is 0 Å². The van der Waals surface area contributed by atoms with E-state index in [0.717, 1.165) is 11.8 Å². The highest BCUT2D eigenvalue weighted by Gasteiger charge is 2.04. The topological polar surface area (TPSA) is 0 Å². The van der Waals surface area contributed by atoms with Gasteiger partial charge >= 0.3 is 0 Å². The summed E-state index contributed by atoms with van der Waals surface area (Å²) in [7, 11) is 0. The summed E-state index contributed by atoms with van der Waals surface area (Å²) < 4.78 is 0. The fourth-order valence-electron chi connectivity index (χ4n) is 1.66. The molecule has 1 unspecified atom stereocenters. The van der Waals surface area contributed by atoms with E-state index in [1.807, 2.05) is 0 Å². The van der Waals surface area contributed by atoms with Crippen molar-refractivity contribution in [2.75, 3.05) is 0 Å². The molecule has 0 aromatic rings. The van der Waals surface area contributed by atoms with Crippen LogP contribution < -0.4 is 0 Å². The molecule has 0 bridgehead atoms. The Hall–Kier alpha value is 0. The molecular formula is C13H28. The summed E-state index contributed by atoms with van der Waals surface area (Å²) in [6.45, 7) is 9.37. The third kappa shape index (κ3) is 8.33. The molecule has 0 saturated carbocycles. The molecule has 0 N–H and O–H groups in total. The van der Waals surface area contributed by atoms with E-state index in [4.69, 9.17) is 0 Å². The minimum absolute atomic E-state index is 0.939. The van der Waals surface area contributed by atoms with Gasteiger partial charge in [0.05, 0.1) is 0 Å². The molecule has 0 radical (unpaired) electrons. The van der Waals surface area contributed by atoms with Crippen molar-refractivity contribution < 1.29 is 0 Å². The Labute approximate surface area is 85.1 Å². The fourth-order valence-corrected chi connectivity index (χ4v) is 1.66. The van der Waals surface area contributed by atoms with Gasteiger partial charge in [0.2, 0.25) is 0 Å². The van der Waals surface area contributed by atoms with Crippen LogP contribution in [0.4, 0.5) is 0 Å². The highest BCUT2D eigenvalue weighted by Crippen LogP contribution is 2.19. The molecule has 0 aliphatic carbocycles. The molecule has 0 saturated heterocycles. The average Bonchev–Trinajstić information content (AvgIpc) is 2.14. The third-order valence-corrected chi connectivity index (χ3v) is 3.15. The summed E-state index contributed by atoms with van der Waals surface area (Å²) in [5.74, 6) is 1.90. The Kier molecular flexibility index (Phi) is 8.59. The van der Waals surface area contributed by atoms with Gasteiger partial charge in [0.15, 0.2) is 0 Å². The smallest absolute Gasteiger partial charge is 0.0443 e. The van der Waals surface area contributed by atoms with Gasteiger partial charge < -0.3 is 0 Å². The Morgan fingerprint density at radius 2 is 1.38 bits per heavy atom. The summed E-state index contributed by atoms with van der Waals surface area (Å²) in [5.41, 5.74) is 0. The van der Waals surface area contributed by atoms with Crippen molar-refractivity contribution in [2.24, 2.45) is 11.8 Å². The Bertz CT molecular complexity index is 96.2. The quantitative estimate of drug-likeness (QED) is 0.464. The van der Waals surface area contributed by atoms with E-state index >= 15 is 0 Å². The summed E-state index contributed by atoms with van der Waals surface area (Å²) >= 11 is 0. The van der Waals surface area contributed by atoms with E-state index in [2.05, 4.69) is 27.7 Å². The predicted molar refractivity (Wildman–Crippen MR) is 62.0 cm³/mol. The molecule has 0 rings (SSSR count). The maximum Gasteiger partial charge on any atom is -0.0443 e. The van der Waals surface area contributed by atoms with Crippen LogP contribution in [0, 0.1) is 11.8 Å². The van der Waals surface area contributed by atoms with Gasteiger partial charge in [-0.15, -0.1) is 0 Å². The van der Waals surface area contributed by atoms with Crippen LogP contribution in [0.1, 0.15) is 72.6 Å². The first-order chi connectivity index (χ1) is 6.20. The van der Waals surface area contributed by atoms with E-state index in [1.54, 1.807) is 0 Å². The van der Waals surface area contributed by atoms with E-state index in [-0.39, 0.29) is 0 Å². The second-order valence-corrected chi connectivity index (χ2v) is 4.69. The van der Waals surface area contributed by atoms with Crippen LogP contribution >= 0.6 is 0 Å². The lowest BCUT2D eigenvalue weighted by molar-refractivity contribution is 0.395. The number of hydrogen-bond donors (Lipinski definition) is 0. The molecule has 0 aliphatic rings. The van der Waals surface area contributed by atoms with Crippen molar-refractivity contribution in [2.45, 2.75) is 72.6 Å². The Balaban J connectivity index is 3.24. The first-order valence-electron chi connectivity index (χ1n) is 6.20. The van der Waals surface area contributed by atoms with Crippen LogP contribution in [0.15, 0.2) is 0 Å². The van der Waals surface area contributed by atoms with Crippen molar-refractivity contribution in [3.8, 4) is 0 Å². The molecule has 0 fully saturated rings. The average molecular weight is 184 g/mol. The highest BCUT2D eigenvalue weighted by atomic mass is 14.1. The zero-order valence-electron chi connectivity index (χ0n) is 10.1. The number of hydrogen-bond acceptors (Lipinski definition) is 0. The molecule has 0 nitrogen and oxygen atoms in total. The standard InChI is InChI=1S/C13H28/c1-5-7-8-9-13(4)11-10-12(3)6-2/h12-13H,5-11H2,1-4H3/t12?,13-/m1/s1. The molecular weight excluding hydrogens is 156 g/mol. The SMILES string of the molecule is CCCCC[C@@H](C)CCC(C)CC. The molecule has 80 valence electrons. The maximum absolute atomic E-state index is 2.41. The summed E-state index contributed by atoms with van der Waals surface area (Å²) in [4.78, 5) is 0. The molecule has 0 spiro atoms. The molecule has 0 aromatic heterocycles. The summed E-state index contributed by atoms with van der Waals surface area (Å²) in [6.07, 6.45) is 9.90. The Morgan fingerprint density at radius 1 is 0.769 bits per heavy atom. The maximum atomic E-state index is 2.41. The number of rotatable bonds is 8. The minimum Gasteiger partial charge on any atom is -0.0654 e. The summed E-state index contributed by atoms with van der Waals surface area (Å²) in [6, 6.07) is 0. The fraction of sp³-hybridized carbons (Fsp3) is 1.00. The van der Waals surface area contributed by atoms with E-state index < -0.39 is 0 Å². The van der Waals surface area contributed by atoms with E-state index in [0.29, 0.717) is 0 Å². The lowest BCUT2D eigenvalue weighted by Gasteiger charge is -2.13. The first kappa shape index (κ1) is 13.0. The van der Waals surface area contributed by atoms with Crippen LogP contribution in [0.2, 0.25) is 0 Å². The largest absolute Gasteiger partial charge is 0.0654 e. The molecule has 0 heteroatoms. The molecule has 0 aliphatic heterocycles. The normalized spacial score (nSPS) is 15.7. The van der Waals surface area contributed by atoms with Crippen LogP contribution in [0.25, 0.3) is 0 Å². The monoisotopic (exact) mass is 184 g/mol. The molecule has 0 amide bonds. The van der Waals surface area contributed by atoms with Gasteiger partial charge in [-0.1, -0.05) is 72.6 Å². The van der Waals surface area contributed by atoms with Gasteiger partial charge in [-0.3, -0.25) is 0 Å². The molecule has 0 heterocycles. The lowest BCUT2D eigenvalue weighted by Crippen LogP contribution is -1.99. The number of unbranched alkanes of at least 4 members (excludes halogenated alkanes) is 2. The van der Waals surface area contributed by atoms with Gasteiger partial charge in [0.25, 0.3) is 0 Å². The van der Waals surface area contributed by atoms with Crippen molar-refractivity contribution in [3.05, 3.63) is 0 Å². The molecule has 2 atom stereocenters. The second kappa shape index (κ2) is 8.59. The van der Waals surface area contributed by atoms with Crippen molar-refractivity contribution in [1.82, 2.24) is 0 Å². The van der Waals surface area contributed by atoms with Crippen molar-refractivity contribution in [1.29, 1.82) is 0 Å². The molecule has 13 heavy (non-hydrogen) atoms. The van der Waals surface area contributed by atoms with Crippen LogP contribution in [-0.4, -0.2) is 0 Å². The third-order valence-electron chi connectivity index (χ3n) is 3.15. The van der Waals surface area contributed by atoms with Gasteiger partial charge in [-0.2, -0.15) is 0 Å². The predicted octanol–water partition coefficient (Wildman–Crippen LogP) is 5.03. The minimum atomic E-state index is 0.939. The summed E-state index contributed by atoms with van der Waals surface area (Å²) in [5, 5.41) is 0. The van der Waals surface area contributed by atoms with Gasteiger partial charge in [0.1, 0.15) is 0 Å². The Morgan fingerprint density at radius 3 is 1.92 bits per heavy atom. The first-order valence-corrected chi connectivity index (χ1v) is 6.20. The van der Waals surface area contributed by atoms with Gasteiger partial charge in [-0.05, 0) is 11.8 Å². The van der Waals surface area contributed by atoms with Crippen LogP contribution in [-0.2, 0) is 0 Å². The van der Waals surface area contributed by atoms with Crippen LogP contribution in [0.5, 0.6) is 0 Å². The van der Waals surface area contributed by atoms with Crippen molar-refractivity contribution >= 4 is 0 Å². The van der Waals surface area contributed by atoms with E-state index in [9.17, 15) is 0 Å². The second-order valence-electron chi connectivity index (χ2n) is 4.69.